The summed E-state index contributed by atoms with van der Waals surface area (Å²) in [5, 5.41) is 1.02. The Balaban J connectivity index is 1.19. The van der Waals surface area contributed by atoms with Crippen molar-refractivity contribution >= 4 is 55.0 Å². The van der Waals surface area contributed by atoms with E-state index in [0.29, 0.717) is 40.9 Å². The van der Waals surface area contributed by atoms with Crippen molar-refractivity contribution in [3.05, 3.63) is 88.1 Å². The topological polar surface area (TPSA) is 72.9 Å². The van der Waals surface area contributed by atoms with E-state index >= 15 is 0 Å². The van der Waals surface area contributed by atoms with Crippen molar-refractivity contribution in [2.75, 3.05) is 38.7 Å². The Morgan fingerprint density at radius 1 is 0.974 bits per heavy atom. The largest absolute Gasteiger partial charge is 0.461 e. The highest BCUT2D eigenvalue weighted by atomic mass is 32.2. The lowest BCUT2D eigenvalue weighted by Gasteiger charge is -2.39. The van der Waals surface area contributed by atoms with E-state index in [1.54, 1.807) is 30.0 Å². The van der Waals surface area contributed by atoms with Gasteiger partial charge in [0.05, 0.1) is 29.7 Å². The zero-order valence-electron chi connectivity index (χ0n) is 21.4. The molecule has 1 fully saturated rings. The molecule has 0 unspecified atom stereocenters. The third kappa shape index (κ3) is 5.40. The predicted octanol–water partition coefficient (Wildman–Crippen LogP) is 5.66. The van der Waals surface area contributed by atoms with E-state index in [0.717, 1.165) is 27.4 Å². The van der Waals surface area contributed by atoms with E-state index in [-0.39, 0.29) is 17.8 Å². The zero-order chi connectivity index (χ0) is 26.7. The number of hydrogen-bond donors (Lipinski definition) is 0. The molecule has 38 heavy (non-hydrogen) atoms. The molecule has 1 aromatic heterocycles. The molecule has 8 heteroatoms. The molecule has 196 valence electrons. The van der Waals surface area contributed by atoms with Crippen molar-refractivity contribution in [1.82, 2.24) is 4.90 Å². The molecule has 0 amide bonds. The van der Waals surface area contributed by atoms with Crippen molar-refractivity contribution in [1.29, 1.82) is 0 Å². The minimum atomic E-state index is -0.592. The molecule has 1 aliphatic rings. The van der Waals surface area contributed by atoms with Gasteiger partial charge in [0.15, 0.2) is 11.2 Å². The Bertz CT molecular complexity index is 1540. The Labute approximate surface area is 229 Å². The number of hydrogen-bond acceptors (Lipinski definition) is 8. The smallest absolute Gasteiger partial charge is 0.338 e. The van der Waals surface area contributed by atoms with Gasteiger partial charge in [-0.25, -0.2) is 4.79 Å². The predicted molar refractivity (Wildman–Crippen MR) is 154 cm³/mol. The average Bonchev–Trinajstić information content (AvgIpc) is 2.95. The number of ether oxygens (including phenoxy) is 2. The van der Waals surface area contributed by atoms with Crippen LogP contribution >= 0.6 is 23.1 Å². The Morgan fingerprint density at radius 3 is 2.45 bits per heavy atom. The first-order valence-electron chi connectivity index (χ1n) is 12.6. The molecule has 6 nitrogen and oxygen atoms in total. The molecule has 1 saturated heterocycles. The lowest BCUT2D eigenvalue weighted by molar-refractivity contribution is -0.00430. The lowest BCUT2D eigenvalue weighted by Crippen LogP contribution is -2.54. The van der Waals surface area contributed by atoms with E-state index in [1.165, 1.54) is 11.3 Å². The molecule has 0 atom stereocenters. The molecule has 0 bridgehead atoms. The number of morpholine rings is 1. The minimum Gasteiger partial charge on any atom is -0.461 e. The van der Waals surface area contributed by atoms with Gasteiger partial charge in [0.2, 0.25) is 0 Å². The fourth-order valence-electron chi connectivity index (χ4n) is 4.71. The molecule has 3 aromatic carbocycles. The summed E-state index contributed by atoms with van der Waals surface area (Å²) in [6.45, 7) is 6.92. The Kier molecular flexibility index (Phi) is 7.95. The van der Waals surface area contributed by atoms with Crippen LogP contribution in [0.2, 0.25) is 0 Å². The molecule has 0 N–H and O–H groups in total. The number of rotatable bonds is 8. The average molecular weight is 548 g/mol. The summed E-state index contributed by atoms with van der Waals surface area (Å²) in [4.78, 5) is 42.3. The standard InChI is InChI=1S/C30H29NO5S2/c1-30(2,31-14-16-35-17-15-31)28(33)20-10-12-21(13-11-20)37-19-18-36-29(34)23-7-5-9-25-26(23)27(32)22-6-3-4-8-24(22)38-25/h3-13H,14-19H2,1-2H3. The van der Waals surface area contributed by atoms with E-state index in [9.17, 15) is 14.4 Å². The first kappa shape index (κ1) is 26.6. The lowest BCUT2D eigenvalue weighted by atomic mass is 9.91. The maximum atomic E-state index is 13.2. The van der Waals surface area contributed by atoms with Crippen LogP contribution in [0.4, 0.5) is 0 Å². The van der Waals surface area contributed by atoms with Crippen LogP contribution in [-0.2, 0) is 9.47 Å². The van der Waals surface area contributed by atoms with Gasteiger partial charge < -0.3 is 9.47 Å². The van der Waals surface area contributed by atoms with E-state index < -0.39 is 11.5 Å². The highest BCUT2D eigenvalue weighted by molar-refractivity contribution is 7.99. The van der Waals surface area contributed by atoms with Crippen LogP contribution in [0.1, 0.15) is 34.6 Å². The number of benzene rings is 3. The Hall–Kier alpha value is -3.04. The van der Waals surface area contributed by atoms with Crippen molar-refractivity contribution < 1.29 is 19.1 Å². The second kappa shape index (κ2) is 11.4. The van der Waals surface area contributed by atoms with Crippen LogP contribution in [0.25, 0.3) is 20.2 Å². The van der Waals surface area contributed by atoms with Gasteiger partial charge >= 0.3 is 5.97 Å². The molecular formula is C30H29NO5S2. The minimum absolute atomic E-state index is 0.0893. The molecule has 0 saturated carbocycles. The fourth-order valence-corrected chi connectivity index (χ4v) is 6.55. The molecule has 0 aliphatic carbocycles. The maximum Gasteiger partial charge on any atom is 0.338 e. The SMILES string of the molecule is CC(C)(C(=O)c1ccc(SCCOC(=O)c2cccc3sc4ccccc4c(=O)c23)cc1)N1CCOCC1. The zero-order valence-corrected chi connectivity index (χ0v) is 23.0. The van der Waals surface area contributed by atoms with Crippen LogP contribution in [0, 0.1) is 0 Å². The third-order valence-electron chi connectivity index (χ3n) is 6.88. The van der Waals surface area contributed by atoms with E-state index in [4.69, 9.17) is 9.47 Å². The quantitative estimate of drug-likeness (QED) is 0.0927. The monoisotopic (exact) mass is 547 g/mol. The van der Waals surface area contributed by atoms with Gasteiger partial charge in [-0.3, -0.25) is 14.5 Å². The van der Waals surface area contributed by atoms with Crippen molar-refractivity contribution in [2.24, 2.45) is 0 Å². The van der Waals surface area contributed by atoms with Crippen LogP contribution in [0.15, 0.2) is 76.4 Å². The number of carbonyl (C=O) groups is 2. The van der Waals surface area contributed by atoms with Gasteiger partial charge in [-0.05, 0) is 50.2 Å². The van der Waals surface area contributed by atoms with Crippen molar-refractivity contribution in [3.8, 4) is 0 Å². The molecule has 5 rings (SSSR count). The molecule has 0 spiro atoms. The van der Waals surface area contributed by atoms with Crippen molar-refractivity contribution in [2.45, 2.75) is 24.3 Å². The van der Waals surface area contributed by atoms with E-state index in [2.05, 4.69) is 4.90 Å². The van der Waals surface area contributed by atoms with Gasteiger partial charge in [-0.2, -0.15) is 0 Å². The maximum absolute atomic E-state index is 13.2. The summed E-state index contributed by atoms with van der Waals surface area (Å²) in [6.07, 6.45) is 0. The molecular weight excluding hydrogens is 518 g/mol. The van der Waals surface area contributed by atoms with Gasteiger partial charge in [0.25, 0.3) is 0 Å². The Morgan fingerprint density at radius 2 is 1.68 bits per heavy atom. The van der Waals surface area contributed by atoms with Crippen LogP contribution < -0.4 is 5.43 Å². The number of thioether (sulfide) groups is 1. The van der Waals surface area contributed by atoms with Crippen molar-refractivity contribution in [3.63, 3.8) is 0 Å². The number of fused-ring (bicyclic) bond motifs is 2. The number of nitrogens with zero attached hydrogens (tertiary/aromatic N) is 1. The number of Topliss-reactive ketones (excluding diaryl/α,β-unsaturated/α-hetero) is 1. The molecule has 0 radical (unpaired) electrons. The van der Waals surface area contributed by atoms with Gasteiger partial charge in [0, 0.05) is 44.1 Å². The van der Waals surface area contributed by atoms with Gasteiger partial charge in [-0.1, -0.05) is 30.3 Å². The van der Waals surface area contributed by atoms with Crippen LogP contribution in [-0.4, -0.2) is 60.9 Å². The summed E-state index contributed by atoms with van der Waals surface area (Å²) < 4.78 is 12.6. The third-order valence-corrected chi connectivity index (χ3v) is 9.00. The second-order valence-electron chi connectivity index (χ2n) is 9.60. The first-order valence-corrected chi connectivity index (χ1v) is 14.4. The normalized spacial score (nSPS) is 14.6. The summed E-state index contributed by atoms with van der Waals surface area (Å²) in [5.41, 5.74) is 0.230. The molecule has 4 aromatic rings. The number of ketones is 1. The number of carbonyl (C=O) groups excluding carboxylic acids is 2. The summed E-state index contributed by atoms with van der Waals surface area (Å²) in [7, 11) is 0. The summed E-state index contributed by atoms with van der Waals surface area (Å²) in [5.74, 6) is 0.146. The molecule has 1 aliphatic heterocycles. The number of esters is 1. The second-order valence-corrected chi connectivity index (χ2v) is 11.9. The molecule has 2 heterocycles. The summed E-state index contributed by atoms with van der Waals surface area (Å²) >= 11 is 3.04. The van der Waals surface area contributed by atoms with Crippen LogP contribution in [0.3, 0.4) is 0 Å². The first-order chi connectivity index (χ1) is 18.4. The highest BCUT2D eigenvalue weighted by Crippen LogP contribution is 2.27. The fraction of sp³-hybridized carbons (Fsp3) is 0.300. The van der Waals surface area contributed by atoms with Gasteiger partial charge in [-0.15, -0.1) is 23.1 Å². The highest BCUT2D eigenvalue weighted by Gasteiger charge is 2.35. The van der Waals surface area contributed by atoms with Gasteiger partial charge in [0.1, 0.15) is 6.61 Å². The van der Waals surface area contributed by atoms with E-state index in [1.807, 2.05) is 62.4 Å². The summed E-state index contributed by atoms with van der Waals surface area (Å²) in [6, 6.07) is 20.3. The van der Waals surface area contributed by atoms with Crippen LogP contribution in [0.5, 0.6) is 0 Å².